The normalized spacial score (nSPS) is 23.6. The Morgan fingerprint density at radius 1 is 1.59 bits per heavy atom. The highest BCUT2D eigenvalue weighted by Gasteiger charge is 2.31. The van der Waals surface area contributed by atoms with Crippen LogP contribution in [0.2, 0.25) is 5.02 Å². The average Bonchev–Trinajstić information content (AvgIpc) is 2.68. The van der Waals surface area contributed by atoms with E-state index in [2.05, 4.69) is 5.32 Å². The number of nitrogens with one attached hydrogen (secondary N) is 1. The van der Waals surface area contributed by atoms with Crippen molar-refractivity contribution >= 4 is 23.2 Å². The molecular formula is C12H15ClN2O2. The van der Waals surface area contributed by atoms with Gasteiger partial charge in [0, 0.05) is 17.3 Å². The molecule has 1 aliphatic heterocycles. The van der Waals surface area contributed by atoms with Gasteiger partial charge in [-0.1, -0.05) is 11.6 Å². The SMILES string of the molecule is CC1(NC(=O)c2cc(Cl)ccc2N)CCOC1. The van der Waals surface area contributed by atoms with Gasteiger partial charge in [-0.2, -0.15) is 0 Å². The quantitative estimate of drug-likeness (QED) is 0.792. The van der Waals surface area contributed by atoms with Gasteiger partial charge in [0.25, 0.3) is 5.91 Å². The van der Waals surface area contributed by atoms with E-state index >= 15 is 0 Å². The van der Waals surface area contributed by atoms with E-state index in [0.29, 0.717) is 29.5 Å². The van der Waals surface area contributed by atoms with Crippen LogP contribution in [-0.4, -0.2) is 24.7 Å². The largest absolute Gasteiger partial charge is 0.398 e. The monoisotopic (exact) mass is 254 g/mol. The molecule has 1 atom stereocenters. The van der Waals surface area contributed by atoms with E-state index in [9.17, 15) is 4.79 Å². The van der Waals surface area contributed by atoms with Gasteiger partial charge < -0.3 is 15.8 Å². The Kier molecular flexibility index (Phi) is 3.26. The topological polar surface area (TPSA) is 64.4 Å². The van der Waals surface area contributed by atoms with Crippen molar-refractivity contribution in [3.05, 3.63) is 28.8 Å². The summed E-state index contributed by atoms with van der Waals surface area (Å²) in [6.45, 7) is 3.15. The van der Waals surface area contributed by atoms with E-state index in [-0.39, 0.29) is 11.4 Å². The number of nitrogen functional groups attached to an aromatic ring is 1. The lowest BCUT2D eigenvalue weighted by molar-refractivity contribution is 0.0891. The smallest absolute Gasteiger partial charge is 0.253 e. The van der Waals surface area contributed by atoms with Gasteiger partial charge in [0.2, 0.25) is 0 Å². The number of carbonyl (C=O) groups is 1. The molecular weight excluding hydrogens is 240 g/mol. The highest BCUT2D eigenvalue weighted by Crippen LogP contribution is 2.21. The summed E-state index contributed by atoms with van der Waals surface area (Å²) in [6.07, 6.45) is 0.805. The molecule has 5 heteroatoms. The number of hydrogen-bond donors (Lipinski definition) is 2. The van der Waals surface area contributed by atoms with Crippen LogP contribution in [0.5, 0.6) is 0 Å². The molecule has 0 aromatic heterocycles. The van der Waals surface area contributed by atoms with Crippen molar-refractivity contribution in [3.63, 3.8) is 0 Å². The lowest BCUT2D eigenvalue weighted by Gasteiger charge is -2.23. The summed E-state index contributed by atoms with van der Waals surface area (Å²) in [5.74, 6) is -0.210. The summed E-state index contributed by atoms with van der Waals surface area (Å²) in [4.78, 5) is 12.1. The zero-order valence-electron chi connectivity index (χ0n) is 9.63. The molecule has 1 aromatic rings. The highest BCUT2D eigenvalue weighted by atomic mass is 35.5. The predicted octanol–water partition coefficient (Wildman–Crippen LogP) is 1.83. The van der Waals surface area contributed by atoms with Crippen molar-refractivity contribution in [2.24, 2.45) is 0 Å². The zero-order chi connectivity index (χ0) is 12.5. The van der Waals surface area contributed by atoms with Crippen LogP contribution in [0, 0.1) is 0 Å². The Bertz CT molecular complexity index is 442. The third-order valence-corrected chi connectivity index (χ3v) is 3.13. The van der Waals surface area contributed by atoms with Crippen LogP contribution in [-0.2, 0) is 4.74 Å². The third kappa shape index (κ3) is 2.70. The Morgan fingerprint density at radius 3 is 3.00 bits per heavy atom. The van der Waals surface area contributed by atoms with E-state index in [1.807, 2.05) is 6.92 Å². The van der Waals surface area contributed by atoms with Crippen molar-refractivity contribution < 1.29 is 9.53 Å². The second-order valence-corrected chi connectivity index (χ2v) is 4.99. The molecule has 1 unspecified atom stereocenters. The Balaban J connectivity index is 2.17. The van der Waals surface area contributed by atoms with Gasteiger partial charge in [0.05, 0.1) is 17.7 Å². The minimum absolute atomic E-state index is 0.210. The van der Waals surface area contributed by atoms with Gasteiger partial charge in [-0.05, 0) is 31.5 Å². The van der Waals surface area contributed by atoms with Crippen molar-refractivity contribution in [3.8, 4) is 0 Å². The Labute approximate surface area is 105 Å². The number of nitrogens with two attached hydrogens (primary N) is 1. The molecule has 0 aliphatic carbocycles. The molecule has 2 rings (SSSR count). The van der Waals surface area contributed by atoms with E-state index in [4.69, 9.17) is 22.1 Å². The van der Waals surface area contributed by atoms with Crippen LogP contribution in [0.3, 0.4) is 0 Å². The molecule has 0 bridgehead atoms. The Hall–Kier alpha value is -1.26. The molecule has 1 amide bonds. The van der Waals surface area contributed by atoms with Crippen molar-refractivity contribution in [2.45, 2.75) is 18.9 Å². The first-order valence-corrected chi connectivity index (χ1v) is 5.83. The molecule has 1 saturated heterocycles. The molecule has 0 radical (unpaired) electrons. The lowest BCUT2D eigenvalue weighted by Crippen LogP contribution is -2.46. The van der Waals surface area contributed by atoms with Crippen LogP contribution < -0.4 is 11.1 Å². The molecule has 0 saturated carbocycles. The maximum Gasteiger partial charge on any atom is 0.253 e. The molecule has 4 nitrogen and oxygen atoms in total. The molecule has 17 heavy (non-hydrogen) atoms. The minimum Gasteiger partial charge on any atom is -0.398 e. The molecule has 0 spiro atoms. The standard InChI is InChI=1S/C12H15ClN2O2/c1-12(4-5-17-7-12)15-11(16)9-6-8(13)2-3-10(9)14/h2-3,6H,4-5,7,14H2,1H3,(H,15,16). The fourth-order valence-corrected chi connectivity index (χ4v) is 2.00. The molecule has 1 fully saturated rings. The number of hydrogen-bond acceptors (Lipinski definition) is 3. The first kappa shape index (κ1) is 12.2. The van der Waals surface area contributed by atoms with Crippen LogP contribution in [0.4, 0.5) is 5.69 Å². The number of ether oxygens (including phenoxy) is 1. The average molecular weight is 255 g/mol. The highest BCUT2D eigenvalue weighted by molar-refractivity contribution is 6.31. The van der Waals surface area contributed by atoms with Crippen LogP contribution in [0.25, 0.3) is 0 Å². The fourth-order valence-electron chi connectivity index (χ4n) is 1.83. The number of anilines is 1. The van der Waals surface area contributed by atoms with E-state index in [1.54, 1.807) is 18.2 Å². The van der Waals surface area contributed by atoms with Gasteiger partial charge in [-0.15, -0.1) is 0 Å². The van der Waals surface area contributed by atoms with Crippen LogP contribution >= 0.6 is 11.6 Å². The second kappa shape index (κ2) is 4.55. The first-order valence-electron chi connectivity index (χ1n) is 5.45. The summed E-state index contributed by atoms with van der Waals surface area (Å²) in [7, 11) is 0. The van der Waals surface area contributed by atoms with Gasteiger partial charge in [-0.3, -0.25) is 4.79 Å². The second-order valence-electron chi connectivity index (χ2n) is 4.55. The zero-order valence-corrected chi connectivity index (χ0v) is 10.4. The summed E-state index contributed by atoms with van der Waals surface area (Å²) in [5.41, 5.74) is 6.28. The Morgan fingerprint density at radius 2 is 2.35 bits per heavy atom. The molecule has 1 aliphatic rings. The van der Waals surface area contributed by atoms with Gasteiger partial charge in [0.1, 0.15) is 0 Å². The molecule has 92 valence electrons. The van der Waals surface area contributed by atoms with Crippen molar-refractivity contribution in [1.82, 2.24) is 5.32 Å². The van der Waals surface area contributed by atoms with Crippen LogP contribution in [0.1, 0.15) is 23.7 Å². The molecule has 3 N–H and O–H groups in total. The number of halogens is 1. The first-order chi connectivity index (χ1) is 8.00. The number of rotatable bonds is 2. The molecule has 1 aromatic carbocycles. The van der Waals surface area contributed by atoms with Crippen LogP contribution in [0.15, 0.2) is 18.2 Å². The van der Waals surface area contributed by atoms with Crippen molar-refractivity contribution in [2.75, 3.05) is 18.9 Å². The maximum atomic E-state index is 12.1. The predicted molar refractivity (Wildman–Crippen MR) is 67.2 cm³/mol. The van der Waals surface area contributed by atoms with Crippen molar-refractivity contribution in [1.29, 1.82) is 0 Å². The summed E-state index contributed by atoms with van der Waals surface area (Å²) in [5, 5.41) is 3.43. The third-order valence-electron chi connectivity index (χ3n) is 2.89. The number of carbonyl (C=O) groups excluding carboxylic acids is 1. The summed E-state index contributed by atoms with van der Waals surface area (Å²) in [6, 6.07) is 4.87. The number of benzene rings is 1. The van der Waals surface area contributed by atoms with Gasteiger partial charge in [-0.25, -0.2) is 0 Å². The maximum absolute atomic E-state index is 12.1. The fraction of sp³-hybridized carbons (Fsp3) is 0.417. The number of amides is 1. The van der Waals surface area contributed by atoms with E-state index < -0.39 is 0 Å². The summed E-state index contributed by atoms with van der Waals surface area (Å²) >= 11 is 5.85. The molecule has 1 heterocycles. The van der Waals surface area contributed by atoms with E-state index in [0.717, 1.165) is 6.42 Å². The van der Waals surface area contributed by atoms with Gasteiger partial charge >= 0.3 is 0 Å². The van der Waals surface area contributed by atoms with Gasteiger partial charge in [0.15, 0.2) is 0 Å². The summed E-state index contributed by atoms with van der Waals surface area (Å²) < 4.78 is 5.28. The lowest BCUT2D eigenvalue weighted by atomic mass is 10.0. The minimum atomic E-state index is -0.314. The van der Waals surface area contributed by atoms with E-state index in [1.165, 1.54) is 0 Å².